The number of Topliss-reactive ketones (excluding diaryl/α,β-unsaturated/α-hetero) is 1. The molecule has 4 heteroatoms. The summed E-state index contributed by atoms with van der Waals surface area (Å²) in [5, 5.41) is 4.81. The molecule has 0 aromatic heterocycles. The quantitative estimate of drug-likeness (QED) is 0.266. The number of ketones is 1. The van der Waals surface area contributed by atoms with Crippen LogP contribution in [-0.2, 0) is 0 Å². The molecule has 0 heterocycles. The van der Waals surface area contributed by atoms with Gasteiger partial charge >= 0.3 is 0 Å². The minimum absolute atomic E-state index is 0.138. The second kappa shape index (κ2) is 6.68. The van der Waals surface area contributed by atoms with Crippen molar-refractivity contribution in [2.75, 3.05) is 0 Å². The van der Waals surface area contributed by atoms with Crippen LogP contribution in [0.5, 0.6) is 0 Å². The highest BCUT2D eigenvalue weighted by atomic mass is 79.9. The third kappa shape index (κ3) is 2.38. The third-order valence-electron chi connectivity index (χ3n) is 6.32. The van der Waals surface area contributed by atoms with E-state index < -0.39 is 0 Å². The Morgan fingerprint density at radius 1 is 0.625 bits per heavy atom. The first-order chi connectivity index (χ1) is 15.5. The van der Waals surface area contributed by atoms with Crippen LogP contribution in [0.15, 0.2) is 86.9 Å². The summed E-state index contributed by atoms with van der Waals surface area (Å²) in [4.78, 5) is 40.4. The lowest BCUT2D eigenvalue weighted by Crippen LogP contribution is -2.05. The third-order valence-corrected chi connectivity index (χ3v) is 6.85. The van der Waals surface area contributed by atoms with Gasteiger partial charge in [-0.2, -0.15) is 0 Å². The number of rotatable bonds is 2. The van der Waals surface area contributed by atoms with E-state index in [0.717, 1.165) is 20.8 Å². The van der Waals surface area contributed by atoms with Gasteiger partial charge in [-0.05, 0) is 35.4 Å². The van der Waals surface area contributed by atoms with Crippen LogP contribution in [0.3, 0.4) is 0 Å². The molecule has 0 aliphatic rings. The zero-order valence-corrected chi connectivity index (χ0v) is 18.6. The van der Waals surface area contributed by atoms with Crippen molar-refractivity contribution in [1.29, 1.82) is 0 Å². The summed E-state index contributed by atoms with van der Waals surface area (Å²) >= 11 is 3.46. The van der Waals surface area contributed by atoms with Crippen molar-refractivity contribution in [3.05, 3.63) is 103 Å². The van der Waals surface area contributed by atoms with Gasteiger partial charge in [0.05, 0.1) is 0 Å². The molecule has 0 saturated heterocycles. The number of benzene rings is 4. The zero-order chi connectivity index (χ0) is 22.1. The minimum atomic E-state index is -0.171. The molecule has 0 aliphatic carbocycles. The molecule has 0 saturated carbocycles. The van der Waals surface area contributed by atoms with Gasteiger partial charge in [0.15, 0.2) is 16.6 Å². The van der Waals surface area contributed by atoms with Crippen molar-refractivity contribution < 1.29 is 4.79 Å². The Labute approximate surface area is 190 Å². The highest BCUT2D eigenvalue weighted by Gasteiger charge is 2.28. The first-order valence-corrected chi connectivity index (χ1v) is 11.1. The second-order valence-corrected chi connectivity index (χ2v) is 8.98. The topological polar surface area (TPSA) is 51.2 Å². The number of carbonyl (C=O) groups excluding carboxylic acids is 1. The molecule has 32 heavy (non-hydrogen) atoms. The van der Waals surface area contributed by atoms with Crippen LogP contribution in [0.25, 0.3) is 54.2 Å². The fourth-order valence-corrected chi connectivity index (χ4v) is 5.33. The molecule has 6 aromatic carbocycles. The maximum absolute atomic E-state index is 13.7. The number of hydrogen-bond acceptors (Lipinski definition) is 3. The molecule has 0 aliphatic heterocycles. The Balaban J connectivity index is 2.06. The molecule has 0 bridgehead atoms. The first kappa shape index (κ1) is 19.1. The molecular formula is C28H15BrO3. The second-order valence-electron chi connectivity index (χ2n) is 8.06. The van der Waals surface area contributed by atoms with Crippen molar-refractivity contribution in [2.45, 2.75) is 6.92 Å². The molecule has 6 rings (SSSR count). The Hall–Kier alpha value is -3.63. The van der Waals surface area contributed by atoms with E-state index >= 15 is 0 Å². The van der Waals surface area contributed by atoms with Gasteiger partial charge in [-0.3, -0.25) is 14.4 Å². The van der Waals surface area contributed by atoms with Crippen molar-refractivity contribution >= 4 is 64.8 Å². The van der Waals surface area contributed by atoms with E-state index in [1.54, 1.807) is 12.1 Å². The molecule has 0 spiro atoms. The van der Waals surface area contributed by atoms with Gasteiger partial charge in [0.1, 0.15) is 0 Å². The lowest BCUT2D eigenvalue weighted by atomic mass is 9.88. The molecular weight excluding hydrogens is 464 g/mol. The van der Waals surface area contributed by atoms with Crippen molar-refractivity contribution in [3.8, 4) is 11.1 Å². The van der Waals surface area contributed by atoms with E-state index in [2.05, 4.69) is 15.9 Å². The number of hydrogen-bond donors (Lipinski definition) is 0. The van der Waals surface area contributed by atoms with Gasteiger partial charge in [0.2, 0.25) is 0 Å². The van der Waals surface area contributed by atoms with Crippen molar-refractivity contribution in [3.63, 3.8) is 0 Å². The van der Waals surface area contributed by atoms with Crippen LogP contribution in [0.4, 0.5) is 0 Å². The summed E-state index contributed by atoms with van der Waals surface area (Å²) in [6, 6.07) is 22.3. The highest BCUT2D eigenvalue weighted by Crippen LogP contribution is 2.43. The van der Waals surface area contributed by atoms with Crippen LogP contribution < -0.4 is 10.9 Å². The highest BCUT2D eigenvalue weighted by molar-refractivity contribution is 9.10. The Kier molecular flexibility index (Phi) is 3.99. The predicted molar refractivity (Wildman–Crippen MR) is 135 cm³/mol. The SMILES string of the molecule is CC(=O)c1c(-c2ccc(Br)cc2)c2c(=O)c3ccccc3c2c2c(=O)c3ccccc3c12. The van der Waals surface area contributed by atoms with Gasteiger partial charge in [-0.15, -0.1) is 0 Å². The average molecular weight is 479 g/mol. The zero-order valence-electron chi connectivity index (χ0n) is 17.0. The van der Waals surface area contributed by atoms with Gasteiger partial charge in [0.25, 0.3) is 0 Å². The lowest BCUT2D eigenvalue weighted by molar-refractivity contribution is 0.102. The normalized spacial score (nSPS) is 11.8. The molecule has 0 atom stereocenters. The van der Waals surface area contributed by atoms with E-state index in [0.29, 0.717) is 43.4 Å². The van der Waals surface area contributed by atoms with Gasteiger partial charge < -0.3 is 0 Å². The molecule has 6 aromatic rings. The average Bonchev–Trinajstić information content (AvgIpc) is 3.26. The summed E-state index contributed by atoms with van der Waals surface area (Å²) in [6.07, 6.45) is 0. The fraction of sp³-hybridized carbons (Fsp3) is 0.0357. The molecule has 3 nitrogen and oxygen atoms in total. The molecule has 0 N–H and O–H groups in total. The summed E-state index contributed by atoms with van der Waals surface area (Å²) in [6.45, 7) is 1.50. The Morgan fingerprint density at radius 2 is 1.12 bits per heavy atom. The van der Waals surface area contributed by atoms with Gasteiger partial charge in [-0.25, -0.2) is 0 Å². The molecule has 0 radical (unpaired) electrons. The predicted octanol–water partition coefficient (Wildman–Crippen LogP) is 6.53. The maximum atomic E-state index is 13.7. The van der Waals surface area contributed by atoms with Gasteiger partial charge in [-0.1, -0.05) is 76.6 Å². The largest absolute Gasteiger partial charge is 0.294 e. The lowest BCUT2D eigenvalue weighted by Gasteiger charge is -2.13. The fourth-order valence-electron chi connectivity index (χ4n) is 5.07. The molecule has 0 unspecified atom stereocenters. The maximum Gasteiger partial charge on any atom is 0.194 e. The van der Waals surface area contributed by atoms with Crippen LogP contribution in [-0.4, -0.2) is 5.78 Å². The number of fused-ring (bicyclic) bond motifs is 7. The summed E-state index contributed by atoms with van der Waals surface area (Å²) < 4.78 is 0.901. The van der Waals surface area contributed by atoms with E-state index in [1.807, 2.05) is 60.7 Å². The van der Waals surface area contributed by atoms with E-state index in [4.69, 9.17) is 0 Å². The smallest absolute Gasteiger partial charge is 0.194 e. The van der Waals surface area contributed by atoms with E-state index in [-0.39, 0.29) is 16.6 Å². The summed E-state index contributed by atoms with van der Waals surface area (Å²) in [5.41, 5.74) is 1.52. The number of carbonyl (C=O) groups is 1. The first-order valence-electron chi connectivity index (χ1n) is 10.3. The van der Waals surface area contributed by atoms with Crippen LogP contribution in [0, 0.1) is 0 Å². The van der Waals surface area contributed by atoms with Crippen molar-refractivity contribution in [1.82, 2.24) is 0 Å². The monoisotopic (exact) mass is 478 g/mol. The summed E-state index contributed by atoms with van der Waals surface area (Å²) in [5.74, 6) is -0.171. The van der Waals surface area contributed by atoms with Gasteiger partial charge in [0, 0.05) is 47.9 Å². The van der Waals surface area contributed by atoms with Crippen LogP contribution in [0.2, 0.25) is 0 Å². The van der Waals surface area contributed by atoms with E-state index in [1.165, 1.54) is 6.92 Å². The minimum Gasteiger partial charge on any atom is -0.294 e. The molecule has 0 fully saturated rings. The van der Waals surface area contributed by atoms with Crippen LogP contribution in [0.1, 0.15) is 17.3 Å². The summed E-state index contributed by atoms with van der Waals surface area (Å²) in [7, 11) is 0. The van der Waals surface area contributed by atoms with Crippen LogP contribution >= 0.6 is 15.9 Å². The molecule has 0 amide bonds. The van der Waals surface area contributed by atoms with Crippen molar-refractivity contribution in [2.24, 2.45) is 0 Å². The molecule has 152 valence electrons. The van der Waals surface area contributed by atoms with E-state index in [9.17, 15) is 14.4 Å². The Bertz CT molecular complexity index is 1840. The standard InChI is InChI=1S/C28H15BrO3/c1-14(30)21-22(15-10-12-16(29)13-11-15)25-24(18-7-3-5-9-20(18)27(25)31)26-23(21)17-6-2-4-8-19(17)28(26)32/h2-13H,1H3. The Morgan fingerprint density at radius 3 is 1.69 bits per heavy atom. The number of halogens is 1.